The smallest absolute Gasteiger partial charge is 0.306 e. The first kappa shape index (κ1) is 32.4. The number of aromatic nitrogens is 3. The zero-order valence-corrected chi connectivity index (χ0v) is 26.7. The zero-order valence-electron chi connectivity index (χ0n) is 25.2. The number of aliphatic hydroxyl groups excluding tert-OH is 1. The van der Waals surface area contributed by atoms with Crippen LogP contribution in [0, 0.1) is 11.8 Å². The molecule has 10 nitrogen and oxygen atoms in total. The van der Waals surface area contributed by atoms with Crippen molar-refractivity contribution in [3.63, 3.8) is 0 Å². The van der Waals surface area contributed by atoms with Gasteiger partial charge >= 0.3 is 5.97 Å². The Morgan fingerprint density at radius 1 is 0.955 bits per heavy atom. The fraction of sp³-hybridized carbons (Fsp3) is 0.500. The van der Waals surface area contributed by atoms with Crippen molar-refractivity contribution < 1.29 is 19.7 Å². The van der Waals surface area contributed by atoms with Crippen molar-refractivity contribution in [1.29, 1.82) is 0 Å². The molecule has 2 atom stereocenters. The van der Waals surface area contributed by atoms with Crippen LogP contribution in [0.1, 0.15) is 38.7 Å². The molecule has 0 bridgehead atoms. The lowest BCUT2D eigenvalue weighted by Crippen LogP contribution is -2.48. The van der Waals surface area contributed by atoms with Crippen molar-refractivity contribution in [3.05, 3.63) is 58.3 Å². The molecule has 2 aromatic heterocycles. The van der Waals surface area contributed by atoms with Gasteiger partial charge in [-0.3, -0.25) is 14.6 Å². The number of likely N-dealkylation sites (tertiary alicyclic amines) is 1. The molecule has 2 saturated heterocycles. The Kier molecular flexibility index (Phi) is 10.9. The van der Waals surface area contributed by atoms with Gasteiger partial charge in [-0.25, -0.2) is 15.0 Å². The average molecular weight is 644 g/mol. The number of carboxylic acids is 1. The van der Waals surface area contributed by atoms with Crippen LogP contribution in [0.15, 0.2) is 42.7 Å². The molecule has 3 aromatic rings. The van der Waals surface area contributed by atoms with Gasteiger partial charge < -0.3 is 19.8 Å². The Hall–Kier alpha value is -3.02. The summed E-state index contributed by atoms with van der Waals surface area (Å²) in [6.07, 6.45) is 5.65. The van der Waals surface area contributed by atoms with E-state index in [1.54, 1.807) is 32.3 Å². The molecule has 5 rings (SSSR count). The van der Waals surface area contributed by atoms with E-state index in [9.17, 15) is 15.0 Å². The number of carboxylic acid groups (broad SMARTS) is 1. The number of anilines is 1. The maximum atomic E-state index is 11.3. The Morgan fingerprint density at radius 2 is 1.61 bits per heavy atom. The van der Waals surface area contributed by atoms with Gasteiger partial charge in [0.1, 0.15) is 0 Å². The molecule has 0 saturated carbocycles. The Bertz CT molecular complexity index is 1390. The quantitative estimate of drug-likeness (QED) is 0.279. The summed E-state index contributed by atoms with van der Waals surface area (Å²) in [6.45, 7) is 10.0. The summed E-state index contributed by atoms with van der Waals surface area (Å²) in [7, 11) is 0. The molecule has 0 spiro atoms. The van der Waals surface area contributed by atoms with Crippen molar-refractivity contribution in [2.24, 2.45) is 11.8 Å². The van der Waals surface area contributed by atoms with E-state index in [1.807, 2.05) is 24.3 Å². The zero-order chi connectivity index (χ0) is 31.2. The van der Waals surface area contributed by atoms with Crippen LogP contribution < -0.4 is 9.64 Å². The fourth-order valence-electron chi connectivity index (χ4n) is 5.94. The highest BCUT2D eigenvalue weighted by Crippen LogP contribution is 2.31. The number of β-amino-alcohol motifs (C(OH)–C–C–N with tert-alkyl or cyclic N) is 1. The molecule has 1 aromatic carbocycles. The van der Waals surface area contributed by atoms with Crippen LogP contribution in [0.5, 0.6) is 11.6 Å². The van der Waals surface area contributed by atoms with Gasteiger partial charge in [0.2, 0.25) is 11.8 Å². The van der Waals surface area contributed by atoms with Gasteiger partial charge in [0.15, 0.2) is 5.75 Å². The molecule has 4 heterocycles. The molecule has 44 heavy (non-hydrogen) atoms. The molecule has 236 valence electrons. The molecular weight excluding hydrogens is 603 g/mol. The van der Waals surface area contributed by atoms with Gasteiger partial charge in [0.25, 0.3) is 0 Å². The topological polar surface area (TPSA) is 115 Å². The Morgan fingerprint density at radius 3 is 2.23 bits per heavy atom. The summed E-state index contributed by atoms with van der Waals surface area (Å²) < 4.78 is 6.19. The summed E-state index contributed by atoms with van der Waals surface area (Å²) in [5, 5.41) is 20.0. The van der Waals surface area contributed by atoms with Gasteiger partial charge in [-0.15, -0.1) is 0 Å². The molecule has 12 heteroatoms. The third-order valence-electron chi connectivity index (χ3n) is 8.26. The molecule has 2 fully saturated rings. The fourth-order valence-corrected chi connectivity index (χ4v) is 6.47. The standard InChI is InChI=1S/C32H40Cl2N6O4/c1-21(31(42)43)11-23-3-5-38(6-4-23)20-24-12-29(25-14-26(33)16-27(34)15-25)37-30(13-24)44-28-17-35-32(36-18-28)40-9-7-39(8-10-40)19-22(2)41/h12-18,21-23,41H,3-11,19-20H2,1-2H3,(H,42,43). The second kappa shape index (κ2) is 14.8. The number of pyridine rings is 1. The van der Waals surface area contributed by atoms with E-state index in [1.165, 1.54) is 0 Å². The third-order valence-corrected chi connectivity index (χ3v) is 8.69. The van der Waals surface area contributed by atoms with Gasteiger partial charge in [-0.2, -0.15) is 0 Å². The number of hydrogen-bond donors (Lipinski definition) is 2. The predicted molar refractivity (Wildman–Crippen MR) is 172 cm³/mol. The van der Waals surface area contributed by atoms with Crippen LogP contribution in [-0.2, 0) is 11.3 Å². The predicted octanol–water partition coefficient (Wildman–Crippen LogP) is 5.46. The van der Waals surface area contributed by atoms with E-state index in [2.05, 4.69) is 24.7 Å². The van der Waals surface area contributed by atoms with E-state index in [0.29, 0.717) is 52.3 Å². The Labute approximate surface area is 268 Å². The summed E-state index contributed by atoms with van der Waals surface area (Å²) >= 11 is 12.6. The van der Waals surface area contributed by atoms with Crippen LogP contribution >= 0.6 is 23.2 Å². The number of carbonyl (C=O) groups is 1. The van der Waals surface area contributed by atoms with E-state index < -0.39 is 5.97 Å². The molecule has 0 amide bonds. The van der Waals surface area contributed by atoms with E-state index >= 15 is 0 Å². The number of ether oxygens (including phenoxy) is 1. The second-order valence-electron chi connectivity index (χ2n) is 12.0. The number of aliphatic hydroxyl groups is 1. The lowest BCUT2D eigenvalue weighted by atomic mass is 9.88. The highest BCUT2D eigenvalue weighted by molar-refractivity contribution is 6.35. The maximum absolute atomic E-state index is 11.3. The van der Waals surface area contributed by atoms with Gasteiger partial charge in [-0.05, 0) is 75.0 Å². The lowest BCUT2D eigenvalue weighted by molar-refractivity contribution is -0.141. The number of piperazine rings is 1. The Balaban J connectivity index is 1.29. The van der Waals surface area contributed by atoms with Gasteiger partial charge in [0.05, 0.1) is 30.1 Å². The van der Waals surface area contributed by atoms with Crippen molar-refractivity contribution in [3.8, 4) is 22.9 Å². The number of benzene rings is 1. The molecule has 0 aliphatic carbocycles. The van der Waals surface area contributed by atoms with Crippen molar-refractivity contribution in [2.75, 3.05) is 50.7 Å². The van der Waals surface area contributed by atoms with Crippen LogP contribution in [0.25, 0.3) is 11.3 Å². The van der Waals surface area contributed by atoms with Gasteiger partial charge in [0, 0.05) is 60.9 Å². The molecule has 2 unspecified atom stereocenters. The summed E-state index contributed by atoms with van der Waals surface area (Å²) in [5.74, 6) is 0.927. The lowest BCUT2D eigenvalue weighted by Gasteiger charge is -2.35. The summed E-state index contributed by atoms with van der Waals surface area (Å²) in [5.41, 5.74) is 2.52. The van der Waals surface area contributed by atoms with Gasteiger partial charge in [-0.1, -0.05) is 30.1 Å². The highest BCUT2D eigenvalue weighted by Gasteiger charge is 2.24. The summed E-state index contributed by atoms with van der Waals surface area (Å²) in [4.78, 5) is 31.9. The molecule has 2 aliphatic heterocycles. The minimum atomic E-state index is -0.725. The number of aliphatic carboxylic acids is 1. The number of nitrogens with zero attached hydrogens (tertiary/aromatic N) is 6. The average Bonchev–Trinajstić information content (AvgIpc) is 2.98. The minimum absolute atomic E-state index is 0.317. The largest absolute Gasteiger partial charge is 0.481 e. The van der Waals surface area contributed by atoms with Crippen LogP contribution in [0.4, 0.5) is 5.95 Å². The normalized spacial score (nSPS) is 18.2. The first-order valence-electron chi connectivity index (χ1n) is 15.2. The third kappa shape index (κ3) is 9.01. The van der Waals surface area contributed by atoms with E-state index in [4.69, 9.17) is 32.9 Å². The number of halogens is 2. The maximum Gasteiger partial charge on any atom is 0.306 e. The second-order valence-corrected chi connectivity index (χ2v) is 12.9. The number of rotatable bonds is 11. The number of piperidine rings is 1. The number of hydrogen-bond acceptors (Lipinski definition) is 9. The van der Waals surface area contributed by atoms with E-state index in [-0.39, 0.29) is 12.0 Å². The molecule has 2 aliphatic rings. The first-order valence-corrected chi connectivity index (χ1v) is 15.9. The van der Waals surface area contributed by atoms with Crippen LogP contribution in [0.2, 0.25) is 10.0 Å². The first-order chi connectivity index (χ1) is 21.1. The molecule has 0 radical (unpaired) electrons. The SMILES string of the molecule is CC(O)CN1CCN(c2ncc(Oc3cc(CN4CCC(CC(C)C(=O)O)CC4)cc(-c4cc(Cl)cc(Cl)c4)n3)cn2)CC1. The van der Waals surface area contributed by atoms with Crippen molar-refractivity contribution >= 4 is 35.1 Å². The molecular formula is C32H40Cl2N6O4. The van der Waals surface area contributed by atoms with Crippen molar-refractivity contribution in [2.45, 2.75) is 45.8 Å². The van der Waals surface area contributed by atoms with Crippen molar-refractivity contribution in [1.82, 2.24) is 24.8 Å². The van der Waals surface area contributed by atoms with Crippen LogP contribution in [-0.4, -0.2) is 92.9 Å². The van der Waals surface area contributed by atoms with E-state index in [0.717, 1.165) is 69.7 Å². The monoisotopic (exact) mass is 642 g/mol. The summed E-state index contributed by atoms with van der Waals surface area (Å²) in [6, 6.07) is 9.32. The molecule has 2 N–H and O–H groups in total. The minimum Gasteiger partial charge on any atom is -0.481 e. The highest BCUT2D eigenvalue weighted by atomic mass is 35.5. The van der Waals surface area contributed by atoms with Crippen LogP contribution in [0.3, 0.4) is 0 Å².